The van der Waals surface area contributed by atoms with Crippen molar-refractivity contribution >= 4 is 38.7 Å². The molecule has 3 rings (SSSR count). The molecule has 3 heterocycles. The van der Waals surface area contributed by atoms with Gasteiger partial charge in [0.1, 0.15) is 10.7 Å². The second-order valence-electron chi connectivity index (χ2n) is 4.05. The minimum absolute atomic E-state index is 0.205. The van der Waals surface area contributed by atoms with Crippen LogP contribution >= 0.6 is 22.7 Å². The summed E-state index contributed by atoms with van der Waals surface area (Å²) in [5.41, 5.74) is 1.19. The first-order valence-corrected chi connectivity index (χ1v) is 7.58. The molecule has 0 aliphatic carbocycles. The Hall–Kier alpha value is -2.00. The summed E-state index contributed by atoms with van der Waals surface area (Å²) in [6.45, 7) is 2.29. The third-order valence-corrected chi connectivity index (χ3v) is 4.27. The van der Waals surface area contributed by atoms with Gasteiger partial charge in [0.2, 0.25) is 4.96 Å². The molecule has 0 unspecified atom stereocenters. The Bertz CT molecular complexity index is 726. The highest BCUT2D eigenvalue weighted by molar-refractivity contribution is 7.16. The van der Waals surface area contributed by atoms with E-state index in [4.69, 9.17) is 0 Å². The molecule has 0 atom stereocenters. The lowest BCUT2D eigenvalue weighted by Gasteiger charge is -1.99. The third kappa shape index (κ3) is 2.49. The van der Waals surface area contributed by atoms with Crippen molar-refractivity contribution in [2.45, 2.75) is 13.5 Å². The molecule has 0 aliphatic heterocycles. The normalized spacial score (nSPS) is 10.9. The van der Waals surface area contributed by atoms with Crippen LogP contribution in [-0.2, 0) is 6.54 Å². The number of nitrogens with one attached hydrogen (secondary N) is 2. The van der Waals surface area contributed by atoms with Gasteiger partial charge in [-0.2, -0.15) is 5.10 Å². The molecule has 3 aromatic heterocycles. The number of fused-ring (bicyclic) bond motifs is 1. The predicted molar refractivity (Wildman–Crippen MR) is 78.4 cm³/mol. The smallest absolute Gasteiger partial charge is 0.271 e. The van der Waals surface area contributed by atoms with Crippen LogP contribution in [0.3, 0.4) is 0 Å². The highest BCUT2D eigenvalue weighted by atomic mass is 32.1. The van der Waals surface area contributed by atoms with E-state index in [1.807, 2.05) is 13.1 Å². The summed E-state index contributed by atoms with van der Waals surface area (Å²) in [7, 11) is 1.77. The molecule has 20 heavy (non-hydrogen) atoms. The molecule has 3 aromatic rings. The minimum Gasteiger partial charge on any atom is -0.365 e. The third-order valence-electron chi connectivity index (χ3n) is 2.57. The number of amides is 1. The molecule has 0 bridgehead atoms. The van der Waals surface area contributed by atoms with Crippen LogP contribution in [0.5, 0.6) is 0 Å². The van der Waals surface area contributed by atoms with E-state index in [0.29, 0.717) is 12.2 Å². The van der Waals surface area contributed by atoms with Gasteiger partial charge in [-0.05, 0) is 6.92 Å². The number of hydrogen-bond acceptors (Lipinski definition) is 7. The Labute approximate surface area is 122 Å². The van der Waals surface area contributed by atoms with Crippen molar-refractivity contribution in [3.05, 3.63) is 28.0 Å². The molecule has 0 saturated heterocycles. The molecular formula is C11H12N6OS2. The number of aromatic nitrogens is 4. The van der Waals surface area contributed by atoms with Crippen molar-refractivity contribution in [3.63, 3.8) is 0 Å². The Morgan fingerprint density at radius 1 is 1.45 bits per heavy atom. The fraction of sp³-hybridized carbons (Fsp3) is 0.273. The second kappa shape index (κ2) is 5.17. The lowest BCUT2D eigenvalue weighted by Crippen LogP contribution is -2.23. The maximum Gasteiger partial charge on any atom is 0.271 e. The number of nitrogens with zero attached hydrogens (tertiary/aromatic N) is 4. The van der Waals surface area contributed by atoms with Crippen molar-refractivity contribution in [2.75, 3.05) is 12.4 Å². The number of carbonyl (C=O) groups excluding carboxylic acids is 1. The molecular weight excluding hydrogens is 296 g/mol. The van der Waals surface area contributed by atoms with Crippen LogP contribution in [0.1, 0.15) is 21.2 Å². The van der Waals surface area contributed by atoms with Crippen LogP contribution in [0, 0.1) is 6.92 Å². The van der Waals surface area contributed by atoms with E-state index >= 15 is 0 Å². The maximum atomic E-state index is 11.9. The molecule has 1 amide bonds. The Morgan fingerprint density at radius 2 is 2.30 bits per heavy atom. The van der Waals surface area contributed by atoms with Gasteiger partial charge in [0.15, 0.2) is 5.13 Å². The van der Waals surface area contributed by atoms with Crippen LogP contribution in [0.4, 0.5) is 5.13 Å². The second-order valence-corrected chi connectivity index (χ2v) is 6.07. The number of carbonyl (C=O) groups is 1. The van der Waals surface area contributed by atoms with E-state index in [1.165, 1.54) is 22.7 Å². The van der Waals surface area contributed by atoms with Gasteiger partial charge >= 0.3 is 0 Å². The van der Waals surface area contributed by atoms with E-state index in [9.17, 15) is 4.79 Å². The van der Waals surface area contributed by atoms with Gasteiger partial charge in [0.25, 0.3) is 5.91 Å². The number of imidazole rings is 1. The summed E-state index contributed by atoms with van der Waals surface area (Å²) in [5.74, 6) is -0.205. The summed E-state index contributed by atoms with van der Waals surface area (Å²) in [6, 6.07) is 0. The lowest BCUT2D eigenvalue weighted by atomic mass is 10.4. The molecule has 0 radical (unpaired) electrons. The summed E-state index contributed by atoms with van der Waals surface area (Å²) in [6.07, 6.45) is 1.82. The topological polar surface area (TPSA) is 84.2 Å². The number of aryl methyl sites for hydroxylation is 1. The summed E-state index contributed by atoms with van der Waals surface area (Å²) >= 11 is 2.91. The number of rotatable bonds is 4. The monoisotopic (exact) mass is 308 g/mol. The average Bonchev–Trinajstić information content (AvgIpc) is 3.09. The van der Waals surface area contributed by atoms with E-state index in [0.717, 1.165) is 20.8 Å². The molecule has 0 aromatic carbocycles. The fourth-order valence-electron chi connectivity index (χ4n) is 1.68. The molecule has 0 fully saturated rings. The zero-order valence-electron chi connectivity index (χ0n) is 10.9. The summed E-state index contributed by atoms with van der Waals surface area (Å²) in [5, 5.41) is 13.4. The maximum absolute atomic E-state index is 11.9. The molecule has 104 valence electrons. The van der Waals surface area contributed by atoms with E-state index in [2.05, 4.69) is 25.7 Å². The number of hydrogen-bond donors (Lipinski definition) is 2. The Balaban J connectivity index is 1.66. The van der Waals surface area contributed by atoms with Crippen molar-refractivity contribution in [1.29, 1.82) is 0 Å². The Morgan fingerprint density at radius 3 is 3.00 bits per heavy atom. The fourth-order valence-corrected chi connectivity index (χ4v) is 3.08. The first-order chi connectivity index (χ1) is 9.65. The highest BCUT2D eigenvalue weighted by Gasteiger charge is 2.11. The number of anilines is 1. The van der Waals surface area contributed by atoms with Crippen LogP contribution in [0.15, 0.2) is 11.6 Å². The molecule has 9 heteroatoms. The highest BCUT2D eigenvalue weighted by Crippen LogP contribution is 2.15. The molecule has 2 N–H and O–H groups in total. The molecule has 0 saturated carbocycles. The quantitative estimate of drug-likeness (QED) is 0.763. The van der Waals surface area contributed by atoms with E-state index < -0.39 is 0 Å². The summed E-state index contributed by atoms with van der Waals surface area (Å²) < 4.78 is 1.73. The van der Waals surface area contributed by atoms with Gasteiger partial charge in [0, 0.05) is 12.4 Å². The van der Waals surface area contributed by atoms with Crippen molar-refractivity contribution < 1.29 is 4.79 Å². The van der Waals surface area contributed by atoms with E-state index in [1.54, 1.807) is 16.9 Å². The van der Waals surface area contributed by atoms with E-state index in [-0.39, 0.29) is 5.91 Å². The van der Waals surface area contributed by atoms with Gasteiger partial charge < -0.3 is 10.6 Å². The van der Waals surface area contributed by atoms with Gasteiger partial charge in [-0.1, -0.05) is 11.3 Å². The summed E-state index contributed by atoms with van der Waals surface area (Å²) in [4.78, 5) is 21.3. The lowest BCUT2D eigenvalue weighted by molar-refractivity contribution is 0.0946. The van der Waals surface area contributed by atoms with Crippen molar-refractivity contribution in [1.82, 2.24) is 24.9 Å². The number of thiazole rings is 1. The van der Waals surface area contributed by atoms with Crippen LogP contribution < -0.4 is 10.6 Å². The Kier molecular flexibility index (Phi) is 3.36. The van der Waals surface area contributed by atoms with Crippen LogP contribution in [0.2, 0.25) is 0 Å². The van der Waals surface area contributed by atoms with Crippen LogP contribution in [0.25, 0.3) is 4.96 Å². The minimum atomic E-state index is -0.205. The largest absolute Gasteiger partial charge is 0.365 e. The zero-order chi connectivity index (χ0) is 14.1. The van der Waals surface area contributed by atoms with Gasteiger partial charge in [-0.25, -0.2) is 14.5 Å². The zero-order valence-corrected chi connectivity index (χ0v) is 12.5. The van der Waals surface area contributed by atoms with Gasteiger partial charge in [0.05, 0.1) is 18.4 Å². The SMILES string of the molecule is CNc1nc(C(=O)NCc2cn3nc(C)sc3n2)cs1. The van der Waals surface area contributed by atoms with Crippen molar-refractivity contribution in [3.8, 4) is 0 Å². The van der Waals surface area contributed by atoms with Gasteiger partial charge in [-0.3, -0.25) is 4.79 Å². The molecule has 0 aliphatic rings. The first kappa shape index (κ1) is 13.0. The predicted octanol–water partition coefficient (Wildman–Crippen LogP) is 1.53. The standard InChI is InChI=1S/C11H12N6OS2/c1-6-16-17-4-7(14-11(17)20-6)3-13-9(18)8-5-19-10(12-2)15-8/h4-5H,3H2,1-2H3,(H,12,15)(H,13,18). The molecule has 0 spiro atoms. The van der Waals surface area contributed by atoms with Crippen LogP contribution in [-0.4, -0.2) is 32.5 Å². The van der Waals surface area contributed by atoms with Crippen molar-refractivity contribution in [2.24, 2.45) is 0 Å². The molecule has 7 nitrogen and oxygen atoms in total. The first-order valence-electron chi connectivity index (χ1n) is 5.89. The average molecular weight is 308 g/mol. The van der Waals surface area contributed by atoms with Gasteiger partial charge in [-0.15, -0.1) is 11.3 Å².